The molecule has 1 heterocycles. The van der Waals surface area contributed by atoms with E-state index in [1.165, 1.54) is 5.56 Å². The average molecular weight is 200 g/mol. The van der Waals surface area contributed by atoms with Crippen molar-refractivity contribution < 1.29 is 0 Å². The van der Waals surface area contributed by atoms with Gasteiger partial charge in [0.2, 0.25) is 0 Å². The lowest BCUT2D eigenvalue weighted by atomic mass is 10.1. The smallest absolute Gasteiger partial charge is 0.121 e. The summed E-state index contributed by atoms with van der Waals surface area (Å²) >= 11 is 10.2. The molecule has 0 aliphatic rings. The van der Waals surface area contributed by atoms with Gasteiger partial charge in [0.15, 0.2) is 0 Å². The molecule has 66 valence electrons. The summed E-state index contributed by atoms with van der Waals surface area (Å²) in [7, 11) is 0. The number of aromatic nitrogens is 2. The third-order valence-electron chi connectivity index (χ3n) is 1.86. The third kappa shape index (κ3) is 1.81. The van der Waals surface area contributed by atoms with Crippen LogP contribution in [-0.4, -0.2) is 10.2 Å². The second-order valence-corrected chi connectivity index (χ2v) is 3.58. The van der Waals surface area contributed by atoms with Crippen LogP contribution in [0.3, 0.4) is 0 Å². The lowest BCUT2D eigenvalue weighted by molar-refractivity contribution is 0.865. The molecule has 0 atom stereocenters. The fourth-order valence-corrected chi connectivity index (χ4v) is 1.62. The van der Waals surface area contributed by atoms with Gasteiger partial charge in [0, 0.05) is 0 Å². The third-order valence-corrected chi connectivity index (χ3v) is 2.61. The van der Waals surface area contributed by atoms with Crippen LogP contribution in [0.1, 0.15) is 24.5 Å². The van der Waals surface area contributed by atoms with Crippen molar-refractivity contribution in [2.24, 2.45) is 0 Å². The molecule has 2 N–H and O–H groups in total. The van der Waals surface area contributed by atoms with Gasteiger partial charge in [0.1, 0.15) is 9.28 Å². The lowest BCUT2D eigenvalue weighted by Crippen LogP contribution is -1.96. The second-order valence-electron chi connectivity index (χ2n) is 2.76. The molecule has 0 spiro atoms. The van der Waals surface area contributed by atoms with E-state index in [-0.39, 0.29) is 0 Å². The molecule has 1 rings (SSSR count). The zero-order chi connectivity index (χ0) is 9.14. The number of aromatic amines is 2. The van der Waals surface area contributed by atoms with E-state index in [0.29, 0.717) is 0 Å². The topological polar surface area (TPSA) is 31.6 Å². The van der Waals surface area contributed by atoms with Crippen molar-refractivity contribution in [3.8, 4) is 0 Å². The van der Waals surface area contributed by atoms with Gasteiger partial charge in [-0.25, -0.2) is 0 Å². The Balaban J connectivity index is 3.33. The SMILES string of the molecule is CCCc1c(C)c(=S)[nH][nH]c1=S. The minimum Gasteiger partial charge on any atom is -0.290 e. The number of nitrogens with one attached hydrogen (secondary N) is 2. The molecular weight excluding hydrogens is 188 g/mol. The number of H-pyrrole nitrogens is 2. The highest BCUT2D eigenvalue weighted by atomic mass is 32.1. The second kappa shape index (κ2) is 3.96. The molecule has 0 fully saturated rings. The van der Waals surface area contributed by atoms with Crippen LogP contribution in [0.25, 0.3) is 0 Å². The summed E-state index contributed by atoms with van der Waals surface area (Å²) in [4.78, 5) is 0. The average Bonchev–Trinajstić information content (AvgIpc) is 2.06. The van der Waals surface area contributed by atoms with E-state index in [0.717, 1.165) is 27.7 Å². The van der Waals surface area contributed by atoms with E-state index in [1.807, 2.05) is 6.92 Å². The molecule has 2 nitrogen and oxygen atoms in total. The van der Waals surface area contributed by atoms with Crippen molar-refractivity contribution in [1.29, 1.82) is 0 Å². The summed E-state index contributed by atoms with van der Waals surface area (Å²) in [5, 5.41) is 5.73. The molecule has 0 radical (unpaired) electrons. The van der Waals surface area contributed by atoms with Crippen LogP contribution in [0.5, 0.6) is 0 Å². The molecule has 0 amide bonds. The first kappa shape index (κ1) is 9.61. The van der Waals surface area contributed by atoms with Gasteiger partial charge in [0.25, 0.3) is 0 Å². The van der Waals surface area contributed by atoms with Gasteiger partial charge in [-0.3, -0.25) is 10.2 Å². The van der Waals surface area contributed by atoms with Crippen LogP contribution in [0, 0.1) is 16.2 Å². The summed E-state index contributed by atoms with van der Waals surface area (Å²) in [5.41, 5.74) is 2.28. The minimum absolute atomic E-state index is 0.757. The Morgan fingerprint density at radius 3 is 2.33 bits per heavy atom. The first-order valence-electron chi connectivity index (χ1n) is 3.97. The van der Waals surface area contributed by atoms with Gasteiger partial charge in [0.05, 0.1) is 0 Å². The Morgan fingerprint density at radius 1 is 1.17 bits per heavy atom. The number of hydrogen-bond donors (Lipinski definition) is 2. The van der Waals surface area contributed by atoms with Crippen LogP contribution < -0.4 is 0 Å². The normalized spacial score (nSPS) is 10.2. The zero-order valence-electron chi connectivity index (χ0n) is 7.23. The maximum Gasteiger partial charge on any atom is 0.121 e. The van der Waals surface area contributed by atoms with Crippen LogP contribution in [0.2, 0.25) is 0 Å². The Kier molecular flexibility index (Phi) is 3.17. The Morgan fingerprint density at radius 2 is 1.75 bits per heavy atom. The molecule has 0 bridgehead atoms. The largest absolute Gasteiger partial charge is 0.290 e. The number of rotatable bonds is 2. The van der Waals surface area contributed by atoms with Crippen molar-refractivity contribution in [3.63, 3.8) is 0 Å². The van der Waals surface area contributed by atoms with Gasteiger partial charge in [-0.15, -0.1) is 0 Å². The van der Waals surface area contributed by atoms with Gasteiger partial charge >= 0.3 is 0 Å². The van der Waals surface area contributed by atoms with E-state index in [1.54, 1.807) is 0 Å². The first-order chi connectivity index (χ1) is 5.66. The summed E-state index contributed by atoms with van der Waals surface area (Å²) < 4.78 is 1.54. The zero-order valence-corrected chi connectivity index (χ0v) is 8.86. The quantitative estimate of drug-likeness (QED) is 0.719. The fraction of sp³-hybridized carbons (Fsp3) is 0.500. The molecule has 0 aliphatic heterocycles. The van der Waals surface area contributed by atoms with Crippen LogP contribution in [0.15, 0.2) is 0 Å². The van der Waals surface area contributed by atoms with Gasteiger partial charge in [-0.1, -0.05) is 37.8 Å². The maximum atomic E-state index is 5.13. The highest BCUT2D eigenvalue weighted by Crippen LogP contribution is 2.10. The lowest BCUT2D eigenvalue weighted by Gasteiger charge is -2.03. The van der Waals surface area contributed by atoms with Crippen molar-refractivity contribution >= 4 is 24.4 Å². The van der Waals surface area contributed by atoms with Crippen molar-refractivity contribution in [2.75, 3.05) is 0 Å². The predicted octanol–water partition coefficient (Wildman–Crippen LogP) is 3.06. The molecule has 0 aromatic carbocycles. The van der Waals surface area contributed by atoms with Crippen molar-refractivity contribution in [3.05, 3.63) is 20.4 Å². The Hall–Kier alpha value is -0.480. The van der Waals surface area contributed by atoms with E-state index in [9.17, 15) is 0 Å². The van der Waals surface area contributed by atoms with Gasteiger partial charge < -0.3 is 0 Å². The number of hydrogen-bond acceptors (Lipinski definition) is 2. The van der Waals surface area contributed by atoms with E-state index in [4.69, 9.17) is 24.4 Å². The molecule has 1 aromatic rings. The molecule has 1 aromatic heterocycles. The standard InChI is InChI=1S/C8H12N2S2/c1-3-4-6-5(2)7(11)9-10-8(6)12/h3-4H2,1-2H3,(H,9,11)(H,10,12). The highest BCUT2D eigenvalue weighted by molar-refractivity contribution is 7.71. The minimum atomic E-state index is 0.757. The molecular formula is C8H12N2S2. The predicted molar refractivity (Wildman–Crippen MR) is 55.5 cm³/mol. The van der Waals surface area contributed by atoms with E-state index < -0.39 is 0 Å². The van der Waals surface area contributed by atoms with Crippen molar-refractivity contribution in [1.82, 2.24) is 10.2 Å². The monoisotopic (exact) mass is 200 g/mol. The maximum absolute atomic E-state index is 5.13. The molecule has 0 unspecified atom stereocenters. The van der Waals surface area contributed by atoms with E-state index in [2.05, 4.69) is 17.1 Å². The molecule has 4 heteroatoms. The Labute approximate surface area is 82.0 Å². The summed E-state index contributed by atoms with van der Waals surface area (Å²) in [6.07, 6.45) is 2.09. The van der Waals surface area contributed by atoms with Gasteiger partial charge in [-0.2, -0.15) is 0 Å². The summed E-state index contributed by atoms with van der Waals surface area (Å²) in [5.74, 6) is 0. The van der Waals surface area contributed by atoms with Crippen LogP contribution >= 0.6 is 24.4 Å². The highest BCUT2D eigenvalue weighted by Gasteiger charge is 2.00. The Bertz CT molecular complexity index is 375. The van der Waals surface area contributed by atoms with Crippen molar-refractivity contribution in [2.45, 2.75) is 26.7 Å². The molecule has 0 aliphatic carbocycles. The first-order valence-corrected chi connectivity index (χ1v) is 4.79. The molecule has 0 saturated heterocycles. The van der Waals surface area contributed by atoms with Crippen LogP contribution in [-0.2, 0) is 6.42 Å². The fourth-order valence-electron chi connectivity index (χ4n) is 1.14. The summed E-state index contributed by atoms with van der Waals surface area (Å²) in [6, 6.07) is 0. The molecule has 12 heavy (non-hydrogen) atoms. The van der Waals surface area contributed by atoms with E-state index >= 15 is 0 Å². The molecule has 0 saturated carbocycles. The summed E-state index contributed by atoms with van der Waals surface area (Å²) in [6.45, 7) is 4.14. The van der Waals surface area contributed by atoms with Crippen LogP contribution in [0.4, 0.5) is 0 Å². The van der Waals surface area contributed by atoms with Gasteiger partial charge in [-0.05, 0) is 24.5 Å².